The van der Waals surface area contributed by atoms with E-state index in [0.29, 0.717) is 34.1 Å². The maximum absolute atomic E-state index is 13.7. The molecule has 0 saturated carbocycles. The van der Waals surface area contributed by atoms with E-state index in [4.69, 9.17) is 25.9 Å². The molecule has 4 amide bonds. The van der Waals surface area contributed by atoms with Crippen molar-refractivity contribution in [2.75, 3.05) is 66.4 Å². The van der Waals surface area contributed by atoms with Crippen molar-refractivity contribution in [2.24, 2.45) is 0 Å². The molecule has 0 unspecified atom stereocenters. The van der Waals surface area contributed by atoms with Gasteiger partial charge in [0, 0.05) is 75.7 Å². The lowest BCUT2D eigenvalue weighted by molar-refractivity contribution is -0.128. The van der Waals surface area contributed by atoms with Crippen molar-refractivity contribution in [1.29, 1.82) is 0 Å². The number of amides is 4. The second-order valence-corrected chi connectivity index (χ2v) is 15.5. The largest absolute Gasteiger partial charge is 0.494 e. The maximum Gasteiger partial charge on any atom is 0.295 e. The Bertz CT molecular complexity index is 3920. The SMILES string of the molecule is C.[2H]C1([2H])N(C(=O)C(=O)c2c[nH]c3c(-n4cnc(C)n4)ncc(OC)c23)C([2H])([2H])C([2H])([2H])N(C(=O)c2ccccc2)C1([2H])[2H].[2H]c1c([2H])c(C(=O)N2CCN(C(=O)C(=O)c3c[nH]c4c(-n5cnc(C)n5)ncc(OC)c34)CC2)c([2H])c([2H])c1C. The summed E-state index contributed by atoms with van der Waals surface area (Å²) >= 11 is 0. The summed E-state index contributed by atoms with van der Waals surface area (Å²) in [6.45, 7) is -9.78. The number of Topliss-reactive ketones (excluding diaryl/α,β-unsaturated/α-hetero) is 2. The molecule has 72 heavy (non-hydrogen) atoms. The van der Waals surface area contributed by atoms with Crippen LogP contribution in [0, 0.1) is 20.8 Å². The Kier molecular flexibility index (Phi) is 10.4. The van der Waals surface area contributed by atoms with E-state index in [9.17, 15) is 28.8 Å². The number of fused-ring (bicyclic) bond motifs is 2. The number of H-pyrrole nitrogens is 2. The average molecular weight is 989 g/mol. The highest BCUT2D eigenvalue weighted by molar-refractivity contribution is 6.46. The minimum atomic E-state index is -3.75. The Morgan fingerprint density at radius 3 is 1.49 bits per heavy atom. The third kappa shape index (κ3) is 9.60. The summed E-state index contributed by atoms with van der Waals surface area (Å²) in [6.07, 6.45) is 7.99. The number of benzene rings is 2. The smallest absolute Gasteiger partial charge is 0.295 e. The van der Waals surface area contributed by atoms with Gasteiger partial charge in [-0.3, -0.25) is 28.8 Å². The van der Waals surface area contributed by atoms with E-state index in [1.54, 1.807) is 13.8 Å². The predicted octanol–water partition coefficient (Wildman–Crippen LogP) is 4.20. The lowest BCUT2D eigenvalue weighted by atomic mass is 10.1. The van der Waals surface area contributed by atoms with Crippen LogP contribution in [-0.2, 0) is 9.59 Å². The number of carbonyl (C=O) groups excluding carboxylic acids is 6. The van der Waals surface area contributed by atoms with E-state index in [0.717, 1.165) is 6.20 Å². The molecular formula is C50H52N14O8. The molecule has 22 heteroatoms. The topological polar surface area (TPSA) is 253 Å². The van der Waals surface area contributed by atoms with Gasteiger partial charge in [-0.15, -0.1) is 0 Å². The van der Waals surface area contributed by atoms with Gasteiger partial charge in [-0.25, -0.2) is 29.3 Å². The number of pyridine rings is 2. The number of hydrogen-bond donors (Lipinski definition) is 2. The summed E-state index contributed by atoms with van der Waals surface area (Å²) in [5, 5.41) is 8.79. The highest BCUT2D eigenvalue weighted by atomic mass is 16.5. The van der Waals surface area contributed by atoms with Crippen molar-refractivity contribution in [3.8, 4) is 23.1 Å². The number of piperazine rings is 2. The number of carbonyl (C=O) groups is 6. The number of ketones is 2. The highest BCUT2D eigenvalue weighted by Crippen LogP contribution is 2.33. The Labute approximate surface area is 429 Å². The zero-order valence-electron chi connectivity index (χ0n) is 50.3. The Morgan fingerprint density at radius 2 is 1.03 bits per heavy atom. The number of methoxy groups -OCH3 is 2. The van der Waals surface area contributed by atoms with Crippen LogP contribution in [0.4, 0.5) is 0 Å². The van der Waals surface area contributed by atoms with Gasteiger partial charge in [0.25, 0.3) is 35.2 Å². The standard InChI is InChI=1S/C25H25N7O4.C24H23N7O4.CH4/c1-15-4-6-17(7-5-15)24(34)30-8-10-31(11-9-30)25(35)22(33)18-12-26-21-20(18)19(36-3)13-27-23(21)32-14-28-16(2)29-32;1-15-27-14-31(28-15)22-20-19(18(35-2)13-26-22)17(12-25-20)21(32)24(34)30-10-8-29(9-11-30)23(33)16-6-4-3-5-7-16;/h4-7,12-14,26H,8-11H2,1-3H3;3-7,12-14,25H,8-11H2,1-2H3;1H4/i4D,5D,6D,7D;8D2,9D2,10D2,11D2;. The number of nitrogens with one attached hydrogen (secondary N) is 2. The number of nitrogens with zero attached hydrogens (tertiary/aromatic N) is 12. The van der Waals surface area contributed by atoms with E-state index in [-0.39, 0.29) is 95.3 Å². The van der Waals surface area contributed by atoms with Gasteiger partial charge in [0.15, 0.2) is 11.6 Å². The molecular weight excluding hydrogens is 925 g/mol. The predicted molar refractivity (Wildman–Crippen MR) is 263 cm³/mol. The molecule has 22 nitrogen and oxygen atoms in total. The molecule has 0 radical (unpaired) electrons. The van der Waals surface area contributed by atoms with Crippen LogP contribution in [0.15, 0.2) is 91.9 Å². The second kappa shape index (κ2) is 20.9. The van der Waals surface area contributed by atoms with Crippen LogP contribution in [0.25, 0.3) is 33.4 Å². The lowest BCUT2D eigenvalue weighted by Crippen LogP contribution is -2.52. The lowest BCUT2D eigenvalue weighted by Gasteiger charge is -2.34. The quantitative estimate of drug-likeness (QED) is 0.144. The van der Waals surface area contributed by atoms with Gasteiger partial charge < -0.3 is 39.0 Å². The molecule has 6 aromatic heterocycles. The molecule has 0 aliphatic carbocycles. The third-order valence-electron chi connectivity index (χ3n) is 11.1. The van der Waals surface area contributed by atoms with Gasteiger partial charge in [-0.2, -0.15) is 10.2 Å². The van der Waals surface area contributed by atoms with Crippen molar-refractivity contribution in [3.63, 3.8) is 0 Å². The molecule has 8 aromatic rings. The van der Waals surface area contributed by atoms with Crippen molar-refractivity contribution in [3.05, 3.63) is 131 Å². The molecule has 2 N–H and O–H groups in total. The summed E-state index contributed by atoms with van der Waals surface area (Å²) < 4.78 is 114. The molecule has 8 heterocycles. The molecule has 370 valence electrons. The first-order valence-electron chi connectivity index (χ1n) is 27.4. The van der Waals surface area contributed by atoms with Crippen LogP contribution >= 0.6 is 0 Å². The van der Waals surface area contributed by atoms with E-state index in [1.807, 2.05) is 0 Å². The Hall–Kier alpha value is -9.08. The second-order valence-electron chi connectivity index (χ2n) is 15.5. The van der Waals surface area contributed by atoms with E-state index >= 15 is 0 Å². The van der Waals surface area contributed by atoms with Gasteiger partial charge in [0.1, 0.15) is 35.8 Å². The van der Waals surface area contributed by atoms with Crippen molar-refractivity contribution < 1.29 is 54.7 Å². The third-order valence-corrected chi connectivity index (χ3v) is 11.1. The number of rotatable bonds is 10. The molecule has 0 atom stereocenters. The minimum Gasteiger partial charge on any atom is -0.494 e. The summed E-state index contributed by atoms with van der Waals surface area (Å²) in [5.41, 5.74) is -0.144. The van der Waals surface area contributed by atoms with Crippen LogP contribution < -0.4 is 9.47 Å². The highest BCUT2D eigenvalue weighted by Gasteiger charge is 2.33. The number of aryl methyl sites for hydroxylation is 2. The van der Waals surface area contributed by atoms with Gasteiger partial charge >= 0.3 is 0 Å². The molecule has 0 bridgehead atoms. The van der Waals surface area contributed by atoms with Gasteiger partial charge in [-0.05, 0) is 45.0 Å². The van der Waals surface area contributed by atoms with Crippen LogP contribution in [0.2, 0.25) is 0 Å². The van der Waals surface area contributed by atoms with Crippen LogP contribution in [0.1, 0.15) is 82.5 Å². The monoisotopic (exact) mass is 988 g/mol. The summed E-state index contributed by atoms with van der Waals surface area (Å²) in [6, 6.07) is 5.43. The summed E-state index contributed by atoms with van der Waals surface area (Å²) in [5.74, 6) is -5.22. The van der Waals surface area contributed by atoms with Crippen LogP contribution in [0.3, 0.4) is 0 Å². The number of hydrogen-bond acceptors (Lipinski definition) is 14. The molecule has 0 spiro atoms. The van der Waals surface area contributed by atoms with E-state index in [1.165, 1.54) is 102 Å². The van der Waals surface area contributed by atoms with E-state index < -0.39 is 83.7 Å². The van der Waals surface area contributed by atoms with Crippen molar-refractivity contribution in [1.82, 2.24) is 69.1 Å². The normalized spacial score (nSPS) is 18.8. The maximum atomic E-state index is 13.7. The first kappa shape index (κ1) is 35.9. The first-order valence-corrected chi connectivity index (χ1v) is 21.4. The van der Waals surface area contributed by atoms with Crippen molar-refractivity contribution >= 4 is 57.0 Å². The summed E-state index contributed by atoms with van der Waals surface area (Å²) in [7, 11) is 2.70. The fraction of sp³-hybridized carbons (Fsp3) is 0.280. The minimum absolute atomic E-state index is 0. The van der Waals surface area contributed by atoms with Crippen LogP contribution in [-0.4, -0.2) is 171 Å². The molecule has 2 saturated heterocycles. The van der Waals surface area contributed by atoms with Crippen LogP contribution in [0.5, 0.6) is 11.5 Å². The first-order chi connectivity index (χ1) is 39.0. The van der Waals surface area contributed by atoms with Crippen molar-refractivity contribution in [2.45, 2.75) is 28.2 Å². The van der Waals surface area contributed by atoms with Gasteiger partial charge in [0.2, 0.25) is 0 Å². The number of ether oxygens (including phenoxy) is 2. The van der Waals surface area contributed by atoms with Gasteiger partial charge in [-0.1, -0.05) is 43.3 Å². The number of aromatic nitrogens is 10. The zero-order valence-corrected chi connectivity index (χ0v) is 38.3. The van der Waals surface area contributed by atoms with Gasteiger partial charge in [0.05, 0.1) is 76.0 Å². The number of aromatic amines is 2. The fourth-order valence-corrected chi connectivity index (χ4v) is 7.52. The molecule has 10 rings (SSSR count). The fourth-order valence-electron chi connectivity index (χ4n) is 7.52. The molecule has 2 aliphatic heterocycles. The molecule has 2 aliphatic rings. The van der Waals surface area contributed by atoms with E-state index in [2.05, 4.69) is 40.1 Å². The molecule has 2 fully saturated rings. The Balaban J connectivity index is 0.000000217. The zero-order chi connectivity index (χ0) is 60.6. The Morgan fingerprint density at radius 1 is 0.583 bits per heavy atom. The summed E-state index contributed by atoms with van der Waals surface area (Å²) in [4.78, 5) is 105. The average Bonchev–Trinajstić information content (AvgIpc) is 0.879. The molecule has 2 aromatic carbocycles.